The molecular weight excluding hydrogens is 573 g/mol. The number of rotatable bonds is 8. The van der Waals surface area contributed by atoms with Crippen molar-refractivity contribution in [2.24, 2.45) is 11.8 Å². The van der Waals surface area contributed by atoms with E-state index in [1.54, 1.807) is 23.1 Å². The van der Waals surface area contributed by atoms with E-state index in [9.17, 15) is 14.1 Å². The zero-order valence-corrected chi connectivity index (χ0v) is 26.8. The number of carbonyl (C=O) groups is 2. The number of ether oxygens (including phenoxy) is 2. The lowest BCUT2D eigenvalue weighted by Crippen LogP contribution is -2.47. The highest BCUT2D eigenvalue weighted by Crippen LogP contribution is 2.41. The average molecular weight is 617 g/mol. The largest absolute Gasteiger partial charge is 0.598 e. The molecule has 0 spiro atoms. The molecule has 0 aromatic heterocycles. The van der Waals surface area contributed by atoms with E-state index in [0.29, 0.717) is 61.2 Å². The van der Waals surface area contributed by atoms with Gasteiger partial charge < -0.3 is 23.8 Å². The smallest absolute Gasteiger partial charge is 0.410 e. The van der Waals surface area contributed by atoms with Crippen LogP contribution in [0.5, 0.6) is 5.75 Å². The summed E-state index contributed by atoms with van der Waals surface area (Å²) in [5, 5.41) is 0.761. The molecule has 2 aliphatic rings. The predicted molar refractivity (Wildman–Crippen MR) is 161 cm³/mol. The van der Waals surface area contributed by atoms with E-state index in [4.69, 9.17) is 32.7 Å². The minimum Gasteiger partial charge on any atom is -0.598 e. The van der Waals surface area contributed by atoms with Gasteiger partial charge >= 0.3 is 6.09 Å². The number of piperidine rings is 1. The second kappa shape index (κ2) is 13.6. The fraction of sp³-hybridized carbons (Fsp3) is 0.655. The number of likely N-dealkylation sites (tertiary alicyclic amines) is 2. The summed E-state index contributed by atoms with van der Waals surface area (Å²) in [6, 6.07) is 3.13. The fourth-order valence-corrected chi connectivity index (χ4v) is 6.16. The van der Waals surface area contributed by atoms with E-state index in [1.807, 2.05) is 46.4 Å². The molecule has 0 aliphatic carbocycles. The fourth-order valence-electron chi connectivity index (χ4n) is 4.93. The lowest BCUT2D eigenvalue weighted by molar-refractivity contribution is -0.136. The number of amides is 2. The molecule has 11 heteroatoms. The molecule has 2 saturated heterocycles. The van der Waals surface area contributed by atoms with Crippen molar-refractivity contribution in [3.8, 4) is 5.75 Å². The number of hydrogen-bond acceptors (Lipinski definition) is 6. The zero-order chi connectivity index (χ0) is 29.8. The Bertz CT molecular complexity index is 1070. The molecule has 1 aromatic rings. The van der Waals surface area contributed by atoms with E-state index in [2.05, 4.69) is 11.3 Å². The van der Waals surface area contributed by atoms with E-state index >= 15 is 0 Å². The third kappa shape index (κ3) is 8.68. The Morgan fingerprint density at radius 3 is 2.27 bits per heavy atom. The van der Waals surface area contributed by atoms with Crippen LogP contribution < -0.4 is 9.46 Å². The van der Waals surface area contributed by atoms with Gasteiger partial charge in [0.05, 0.1) is 22.0 Å². The van der Waals surface area contributed by atoms with Gasteiger partial charge in [-0.25, -0.2) is 4.79 Å². The minimum absolute atomic E-state index is 0.0665. The van der Waals surface area contributed by atoms with Gasteiger partial charge in [0.15, 0.2) is 0 Å². The molecular formula is C29H43Cl2N3O5S. The molecule has 3 atom stereocenters. The highest BCUT2D eigenvalue weighted by atomic mass is 35.5. The van der Waals surface area contributed by atoms with Crippen LogP contribution in [0.2, 0.25) is 10.0 Å². The maximum Gasteiger partial charge on any atom is 0.410 e. The third-order valence-electron chi connectivity index (χ3n) is 7.05. The number of benzene rings is 1. The van der Waals surface area contributed by atoms with Gasteiger partial charge in [0, 0.05) is 49.2 Å². The molecule has 3 rings (SSSR count). The van der Waals surface area contributed by atoms with Crippen molar-refractivity contribution in [1.82, 2.24) is 14.5 Å². The lowest BCUT2D eigenvalue weighted by Gasteiger charge is -2.38. The molecule has 2 heterocycles. The van der Waals surface area contributed by atoms with E-state index < -0.39 is 21.7 Å². The molecule has 40 heavy (non-hydrogen) atoms. The van der Waals surface area contributed by atoms with Gasteiger partial charge in [-0.3, -0.25) is 4.79 Å². The Balaban J connectivity index is 1.74. The molecule has 0 radical (unpaired) electrons. The summed E-state index contributed by atoms with van der Waals surface area (Å²) in [5.74, 6) is 0.460. The van der Waals surface area contributed by atoms with Crippen LogP contribution in [0, 0.1) is 11.8 Å². The van der Waals surface area contributed by atoms with Crippen LogP contribution in [0.15, 0.2) is 24.8 Å². The third-order valence-corrected chi connectivity index (χ3v) is 9.35. The quantitative estimate of drug-likeness (QED) is 0.278. The summed E-state index contributed by atoms with van der Waals surface area (Å²) >= 11 is 11.4. The van der Waals surface area contributed by atoms with Crippen LogP contribution >= 0.6 is 23.2 Å². The van der Waals surface area contributed by atoms with E-state index in [-0.39, 0.29) is 36.5 Å². The van der Waals surface area contributed by atoms with Gasteiger partial charge in [-0.05, 0) is 72.8 Å². The van der Waals surface area contributed by atoms with Crippen LogP contribution in [0.25, 0.3) is 0 Å². The maximum atomic E-state index is 13.4. The molecule has 0 bridgehead atoms. The molecule has 224 valence electrons. The Morgan fingerprint density at radius 1 is 1.10 bits per heavy atom. The van der Waals surface area contributed by atoms with Gasteiger partial charge in [0.25, 0.3) is 0 Å². The van der Waals surface area contributed by atoms with Gasteiger partial charge in [0.2, 0.25) is 5.91 Å². The van der Waals surface area contributed by atoms with Crippen LogP contribution in [-0.4, -0.2) is 69.5 Å². The number of carbonyl (C=O) groups excluding carboxylic acids is 2. The number of nitrogens with zero attached hydrogens (tertiary/aromatic N) is 2. The SMILES string of the molecule is C=CCOc1cc(Cl)c(Cl)cc1[C@H](N[S@@+]([O-])C(C)(C)C)C1CCN(C(=O)[C@H]2CCN(C(=O)OC(C)(C)C)C2)CC1. The van der Waals surface area contributed by atoms with Crippen molar-refractivity contribution >= 4 is 46.6 Å². The van der Waals surface area contributed by atoms with Crippen LogP contribution in [0.1, 0.15) is 72.4 Å². The number of nitrogens with one attached hydrogen (secondary N) is 1. The van der Waals surface area contributed by atoms with Gasteiger partial charge in [-0.15, -0.1) is 4.72 Å². The topological polar surface area (TPSA) is 94.2 Å². The molecule has 8 nitrogen and oxygen atoms in total. The van der Waals surface area contributed by atoms with Crippen molar-refractivity contribution in [3.05, 3.63) is 40.4 Å². The Hall–Kier alpha value is -1.65. The van der Waals surface area contributed by atoms with Crippen molar-refractivity contribution in [2.75, 3.05) is 32.8 Å². The van der Waals surface area contributed by atoms with E-state index in [1.165, 1.54) is 0 Å². The standard InChI is InChI=1S/C29H43Cl2N3O5S/c1-8-15-38-24-17-23(31)22(30)16-21(24)25(32-40(37)29(5,6)7)19-9-12-33(13-10-19)26(35)20-11-14-34(18-20)27(36)39-28(2,3)4/h8,16-17,19-20,25,32H,1,9-15,18H2,2-7H3/t20-,25+,40-/m0/s1. The number of hydrogen-bond donors (Lipinski definition) is 1. The van der Waals surface area contributed by atoms with Crippen molar-refractivity contribution < 1.29 is 23.6 Å². The first-order valence-electron chi connectivity index (χ1n) is 13.8. The summed E-state index contributed by atoms with van der Waals surface area (Å²) in [6.45, 7) is 17.3. The van der Waals surface area contributed by atoms with Crippen molar-refractivity contribution in [1.29, 1.82) is 0 Å². The van der Waals surface area contributed by atoms with E-state index in [0.717, 1.165) is 5.56 Å². The Morgan fingerprint density at radius 2 is 1.70 bits per heavy atom. The summed E-state index contributed by atoms with van der Waals surface area (Å²) < 4.78 is 27.5. The molecule has 2 aliphatic heterocycles. The monoisotopic (exact) mass is 615 g/mol. The van der Waals surface area contributed by atoms with Gasteiger partial charge in [-0.1, -0.05) is 35.9 Å². The van der Waals surface area contributed by atoms with Gasteiger partial charge in [-0.2, -0.15) is 0 Å². The van der Waals surface area contributed by atoms with Gasteiger partial charge in [0.1, 0.15) is 22.7 Å². The first-order chi connectivity index (χ1) is 18.6. The summed E-state index contributed by atoms with van der Waals surface area (Å²) in [6.07, 6.45) is 3.31. The highest BCUT2D eigenvalue weighted by Gasteiger charge is 2.40. The van der Waals surface area contributed by atoms with Crippen molar-refractivity contribution in [2.45, 2.75) is 77.2 Å². The summed E-state index contributed by atoms with van der Waals surface area (Å²) in [7, 11) is 0. The molecule has 1 N–H and O–H groups in total. The predicted octanol–water partition coefficient (Wildman–Crippen LogP) is 6.15. The molecule has 0 unspecified atom stereocenters. The number of halogens is 2. The minimum atomic E-state index is -1.36. The Labute approximate surface area is 252 Å². The molecule has 1 aromatic carbocycles. The molecule has 2 fully saturated rings. The molecule has 2 amide bonds. The van der Waals surface area contributed by atoms with Crippen LogP contribution in [-0.2, 0) is 20.9 Å². The first kappa shape index (κ1) is 32.9. The second-order valence-corrected chi connectivity index (χ2v) is 15.3. The maximum absolute atomic E-state index is 13.4. The van der Waals surface area contributed by atoms with Crippen LogP contribution in [0.4, 0.5) is 4.79 Å². The first-order valence-corrected chi connectivity index (χ1v) is 15.7. The zero-order valence-electron chi connectivity index (χ0n) is 24.4. The molecule has 0 saturated carbocycles. The lowest BCUT2D eigenvalue weighted by atomic mass is 9.85. The average Bonchev–Trinajstić information content (AvgIpc) is 3.36. The normalized spacial score (nSPS) is 20.3. The second-order valence-electron chi connectivity index (χ2n) is 12.5. The Kier molecular flexibility index (Phi) is 11.1. The van der Waals surface area contributed by atoms with Crippen LogP contribution in [0.3, 0.4) is 0 Å². The summed E-state index contributed by atoms with van der Waals surface area (Å²) in [5.41, 5.74) is 0.204. The highest BCUT2D eigenvalue weighted by molar-refractivity contribution is 7.90. The van der Waals surface area contributed by atoms with Crippen molar-refractivity contribution in [3.63, 3.8) is 0 Å². The summed E-state index contributed by atoms with van der Waals surface area (Å²) in [4.78, 5) is 29.4.